The summed E-state index contributed by atoms with van der Waals surface area (Å²) in [5.41, 5.74) is 1.62. The van der Waals surface area contributed by atoms with Crippen LogP contribution in [0.15, 0.2) is 47.5 Å². The fraction of sp³-hybridized carbons (Fsp3) is 0.286. The van der Waals surface area contributed by atoms with Crippen LogP contribution in [0.4, 0.5) is 17.6 Å². The first-order chi connectivity index (χ1) is 15.6. The van der Waals surface area contributed by atoms with Gasteiger partial charge >= 0.3 is 12.3 Å². The zero-order chi connectivity index (χ0) is 24.0. The Balaban J connectivity index is 1.59. The van der Waals surface area contributed by atoms with E-state index in [9.17, 15) is 22.4 Å². The fourth-order valence-corrected chi connectivity index (χ4v) is 3.57. The lowest BCUT2D eigenvalue weighted by Crippen LogP contribution is -2.18. The predicted molar refractivity (Wildman–Crippen MR) is 111 cm³/mol. The van der Waals surface area contributed by atoms with Crippen molar-refractivity contribution >= 4 is 17.7 Å². The van der Waals surface area contributed by atoms with E-state index in [2.05, 4.69) is 15.0 Å². The Morgan fingerprint density at radius 1 is 1.15 bits per heavy atom. The predicted octanol–water partition coefficient (Wildman–Crippen LogP) is 4.85. The van der Waals surface area contributed by atoms with Gasteiger partial charge in [-0.15, -0.1) is 30.0 Å². The molecule has 0 aliphatic rings. The van der Waals surface area contributed by atoms with Gasteiger partial charge in [-0.25, -0.2) is 13.9 Å². The minimum atomic E-state index is -4.98. The summed E-state index contributed by atoms with van der Waals surface area (Å²) in [6.07, 6.45) is -3.43. The van der Waals surface area contributed by atoms with E-state index >= 15 is 0 Å². The molecule has 1 heterocycles. The molecule has 12 heteroatoms. The highest BCUT2D eigenvalue weighted by Crippen LogP contribution is 2.29. The number of hydrogen-bond donors (Lipinski definition) is 0. The number of carbonyl (C=O) groups excluding carboxylic acids is 1. The average Bonchev–Trinajstić information content (AvgIpc) is 3.21. The molecule has 0 radical (unpaired) electrons. The summed E-state index contributed by atoms with van der Waals surface area (Å²) in [5.74, 6) is -1.52. The van der Waals surface area contributed by atoms with Gasteiger partial charge in [-0.3, -0.25) is 0 Å². The molecule has 33 heavy (non-hydrogen) atoms. The van der Waals surface area contributed by atoms with Crippen LogP contribution in [0.25, 0.3) is 5.69 Å². The number of benzene rings is 2. The minimum Gasteiger partial charge on any atom is -0.482 e. The first-order valence-electron chi connectivity index (χ1n) is 9.63. The third kappa shape index (κ3) is 7.11. The summed E-state index contributed by atoms with van der Waals surface area (Å²) in [7, 11) is 0. The van der Waals surface area contributed by atoms with Crippen molar-refractivity contribution in [3.05, 3.63) is 59.7 Å². The fourth-order valence-electron chi connectivity index (χ4n) is 2.70. The molecule has 0 atom stereocenters. The maximum atomic E-state index is 13.9. The van der Waals surface area contributed by atoms with Gasteiger partial charge in [-0.2, -0.15) is 0 Å². The van der Waals surface area contributed by atoms with Crippen LogP contribution in [0.3, 0.4) is 0 Å². The van der Waals surface area contributed by atoms with Crippen LogP contribution in [0, 0.1) is 12.7 Å². The third-order valence-electron chi connectivity index (χ3n) is 4.13. The van der Waals surface area contributed by atoms with E-state index in [0.717, 1.165) is 22.6 Å². The Hall–Kier alpha value is -3.28. The second-order valence-electron chi connectivity index (χ2n) is 6.63. The lowest BCUT2D eigenvalue weighted by Gasteiger charge is -2.10. The number of esters is 1. The molecule has 0 N–H and O–H groups in total. The molecule has 0 unspecified atom stereocenters. The van der Waals surface area contributed by atoms with Gasteiger partial charge in [0.1, 0.15) is 5.75 Å². The summed E-state index contributed by atoms with van der Waals surface area (Å²) in [5, 5.41) is 7.90. The zero-order valence-electron chi connectivity index (χ0n) is 17.6. The number of aryl methyl sites for hydroxylation is 1. The van der Waals surface area contributed by atoms with Crippen molar-refractivity contribution < 1.29 is 36.6 Å². The van der Waals surface area contributed by atoms with Gasteiger partial charge < -0.3 is 14.2 Å². The Kier molecular flexibility index (Phi) is 7.79. The monoisotopic (exact) mass is 485 g/mol. The van der Waals surface area contributed by atoms with Gasteiger partial charge in [0.15, 0.2) is 18.2 Å². The van der Waals surface area contributed by atoms with Crippen LogP contribution in [0.2, 0.25) is 0 Å². The summed E-state index contributed by atoms with van der Waals surface area (Å²) in [6.45, 7) is 3.68. The molecule has 0 fully saturated rings. The van der Waals surface area contributed by atoms with Gasteiger partial charge in [0.2, 0.25) is 0 Å². The van der Waals surface area contributed by atoms with Gasteiger partial charge in [-0.1, -0.05) is 5.21 Å². The van der Waals surface area contributed by atoms with E-state index in [1.165, 1.54) is 22.5 Å². The Labute approximate surface area is 190 Å². The molecule has 0 bridgehead atoms. The van der Waals surface area contributed by atoms with Gasteiger partial charge in [0, 0.05) is 16.7 Å². The molecular weight excluding hydrogens is 466 g/mol. The minimum absolute atomic E-state index is 0.172. The van der Waals surface area contributed by atoms with Gasteiger partial charge in [0.25, 0.3) is 0 Å². The smallest absolute Gasteiger partial charge is 0.482 e. The molecule has 0 saturated carbocycles. The van der Waals surface area contributed by atoms with Crippen molar-refractivity contribution in [2.45, 2.75) is 30.9 Å². The van der Waals surface area contributed by atoms with Crippen LogP contribution in [-0.4, -0.2) is 40.5 Å². The number of rotatable bonds is 9. The first kappa shape index (κ1) is 24.4. The number of halogens is 4. The number of nitrogens with zero attached hydrogens (tertiary/aromatic N) is 3. The molecule has 176 valence electrons. The molecule has 7 nitrogen and oxygen atoms in total. The normalized spacial score (nSPS) is 11.3. The zero-order valence-corrected chi connectivity index (χ0v) is 18.4. The SMILES string of the molecule is CCOC(=O)COc1ccc(SCc2cn(-c3ccc(OC(F)(F)F)c(F)c3)nn2)cc1C. The third-order valence-corrected chi connectivity index (χ3v) is 5.16. The summed E-state index contributed by atoms with van der Waals surface area (Å²) >= 11 is 1.47. The van der Waals surface area contributed by atoms with Crippen LogP contribution in [-0.2, 0) is 15.3 Å². The number of alkyl halides is 3. The highest BCUT2D eigenvalue weighted by Gasteiger charge is 2.32. The molecular formula is C21H19F4N3O4S. The van der Waals surface area contributed by atoms with Crippen molar-refractivity contribution in [1.82, 2.24) is 15.0 Å². The van der Waals surface area contributed by atoms with E-state index in [4.69, 9.17) is 9.47 Å². The van der Waals surface area contributed by atoms with Crippen molar-refractivity contribution in [2.24, 2.45) is 0 Å². The van der Waals surface area contributed by atoms with E-state index < -0.39 is 23.9 Å². The lowest BCUT2D eigenvalue weighted by molar-refractivity contribution is -0.275. The average molecular weight is 485 g/mol. The highest BCUT2D eigenvalue weighted by atomic mass is 32.2. The van der Waals surface area contributed by atoms with E-state index in [-0.39, 0.29) is 18.9 Å². The molecule has 2 aromatic carbocycles. The summed E-state index contributed by atoms with van der Waals surface area (Å²) in [6, 6.07) is 8.48. The van der Waals surface area contributed by atoms with E-state index in [1.54, 1.807) is 19.2 Å². The van der Waals surface area contributed by atoms with E-state index in [1.807, 2.05) is 19.1 Å². The number of carbonyl (C=O) groups is 1. The van der Waals surface area contributed by atoms with Crippen molar-refractivity contribution in [1.29, 1.82) is 0 Å². The Morgan fingerprint density at radius 2 is 1.91 bits per heavy atom. The van der Waals surface area contributed by atoms with E-state index in [0.29, 0.717) is 17.2 Å². The summed E-state index contributed by atoms with van der Waals surface area (Å²) < 4.78 is 65.9. The maximum Gasteiger partial charge on any atom is 0.573 e. The molecule has 0 saturated heterocycles. The number of ether oxygens (including phenoxy) is 3. The van der Waals surface area contributed by atoms with Crippen LogP contribution >= 0.6 is 11.8 Å². The quantitative estimate of drug-likeness (QED) is 0.244. The molecule has 0 aliphatic heterocycles. The Morgan fingerprint density at radius 3 is 2.58 bits per heavy atom. The standard InChI is InChI=1S/C21H19F4N3O4S/c1-3-30-20(29)11-31-18-7-5-16(8-13(18)2)33-12-14-10-28(27-26-14)15-4-6-19(17(22)9-15)32-21(23,24)25/h4-10H,3,11-12H2,1-2H3. The van der Waals surface area contributed by atoms with Crippen molar-refractivity contribution in [3.8, 4) is 17.2 Å². The number of hydrogen-bond acceptors (Lipinski definition) is 7. The van der Waals surface area contributed by atoms with Gasteiger partial charge in [0.05, 0.1) is 24.2 Å². The molecule has 3 aromatic rings. The second kappa shape index (κ2) is 10.6. The topological polar surface area (TPSA) is 75.5 Å². The second-order valence-corrected chi connectivity index (χ2v) is 7.68. The molecule has 0 amide bonds. The first-order valence-corrected chi connectivity index (χ1v) is 10.6. The summed E-state index contributed by atoms with van der Waals surface area (Å²) in [4.78, 5) is 12.3. The van der Waals surface area contributed by atoms with Crippen LogP contribution < -0.4 is 9.47 Å². The molecule has 0 aliphatic carbocycles. The maximum absolute atomic E-state index is 13.9. The molecule has 1 aromatic heterocycles. The van der Waals surface area contributed by atoms with Crippen molar-refractivity contribution in [2.75, 3.05) is 13.2 Å². The number of thioether (sulfide) groups is 1. The number of aromatic nitrogens is 3. The molecule has 3 rings (SSSR count). The molecule has 0 spiro atoms. The van der Waals surface area contributed by atoms with Gasteiger partial charge in [-0.05, 0) is 49.7 Å². The van der Waals surface area contributed by atoms with Crippen molar-refractivity contribution in [3.63, 3.8) is 0 Å². The van der Waals surface area contributed by atoms with Crippen LogP contribution in [0.5, 0.6) is 11.5 Å². The Bertz CT molecular complexity index is 1120. The highest BCUT2D eigenvalue weighted by molar-refractivity contribution is 7.98. The largest absolute Gasteiger partial charge is 0.573 e. The lowest BCUT2D eigenvalue weighted by atomic mass is 10.2. The van der Waals surface area contributed by atoms with Crippen LogP contribution in [0.1, 0.15) is 18.2 Å².